The van der Waals surface area contributed by atoms with Crippen LogP contribution in [0.1, 0.15) is 33.4 Å². The lowest BCUT2D eigenvalue weighted by Crippen LogP contribution is -2.17. The molecular formula is C21H18N2O5. The lowest BCUT2D eigenvalue weighted by molar-refractivity contribution is 0.0697. The van der Waals surface area contributed by atoms with E-state index in [4.69, 9.17) is 9.15 Å². The molecule has 0 unspecified atom stereocenters. The van der Waals surface area contributed by atoms with E-state index in [1.807, 2.05) is 6.92 Å². The van der Waals surface area contributed by atoms with Crippen LogP contribution in [-0.4, -0.2) is 29.8 Å². The van der Waals surface area contributed by atoms with Crippen LogP contribution in [0.25, 0.3) is 11.3 Å². The number of carboxylic acid groups (broad SMARTS) is 1. The minimum atomic E-state index is -1.04. The number of ether oxygens (including phenoxy) is 1. The Morgan fingerprint density at radius 3 is 2.57 bits per heavy atom. The first kappa shape index (κ1) is 18.9. The summed E-state index contributed by atoms with van der Waals surface area (Å²) in [5.74, 6) is 0.0546. The standard InChI is InChI=1S/C21H18N2O5/c1-2-27-15-9-7-14(8-10-15)20(24)23-22-13-16-11-12-19(28-16)17-5-3-4-6-18(17)21(25)26/h3-13H,2H2,1H3,(H,23,24)(H,25,26)/b22-13+. The molecule has 1 amide bonds. The third kappa shape index (κ3) is 4.45. The molecule has 7 heteroatoms. The maximum atomic E-state index is 12.1. The Labute approximate surface area is 161 Å². The SMILES string of the molecule is CCOc1ccc(C(=O)N/N=C/c2ccc(-c3ccccc3C(=O)O)o2)cc1. The third-order valence-corrected chi connectivity index (χ3v) is 3.84. The molecule has 0 saturated carbocycles. The van der Waals surface area contributed by atoms with Gasteiger partial charge in [0.1, 0.15) is 17.3 Å². The maximum absolute atomic E-state index is 12.1. The molecule has 0 spiro atoms. The Hall–Kier alpha value is -3.87. The summed E-state index contributed by atoms with van der Waals surface area (Å²) in [6.45, 7) is 2.44. The van der Waals surface area contributed by atoms with E-state index in [0.29, 0.717) is 35.0 Å². The number of nitrogens with zero attached hydrogens (tertiary/aromatic N) is 1. The summed E-state index contributed by atoms with van der Waals surface area (Å²) in [7, 11) is 0. The number of hydrogen-bond acceptors (Lipinski definition) is 5. The molecular weight excluding hydrogens is 360 g/mol. The van der Waals surface area contributed by atoms with E-state index < -0.39 is 5.97 Å². The van der Waals surface area contributed by atoms with Crippen LogP contribution in [0.4, 0.5) is 0 Å². The van der Waals surface area contributed by atoms with Gasteiger partial charge >= 0.3 is 5.97 Å². The Morgan fingerprint density at radius 2 is 1.86 bits per heavy atom. The molecule has 1 heterocycles. The largest absolute Gasteiger partial charge is 0.494 e. The van der Waals surface area contributed by atoms with Crippen molar-refractivity contribution < 1.29 is 23.8 Å². The van der Waals surface area contributed by atoms with Gasteiger partial charge in [-0.05, 0) is 49.4 Å². The number of furan rings is 1. The van der Waals surface area contributed by atoms with Crippen molar-refractivity contribution in [2.45, 2.75) is 6.92 Å². The summed E-state index contributed by atoms with van der Waals surface area (Å²) in [6, 6.07) is 16.5. The molecule has 0 radical (unpaired) electrons. The Balaban J connectivity index is 1.66. The maximum Gasteiger partial charge on any atom is 0.336 e. The summed E-state index contributed by atoms with van der Waals surface area (Å²) in [5.41, 5.74) is 3.46. The molecule has 3 aromatic rings. The van der Waals surface area contributed by atoms with Crippen LogP contribution in [0.15, 0.2) is 70.2 Å². The number of nitrogens with one attached hydrogen (secondary N) is 1. The number of rotatable bonds is 7. The molecule has 0 fully saturated rings. The summed E-state index contributed by atoms with van der Waals surface area (Å²) in [4.78, 5) is 23.4. The molecule has 0 aliphatic heterocycles. The summed E-state index contributed by atoms with van der Waals surface area (Å²) >= 11 is 0. The highest BCUT2D eigenvalue weighted by atomic mass is 16.5. The Bertz CT molecular complexity index is 1010. The highest BCUT2D eigenvalue weighted by Crippen LogP contribution is 2.25. The quantitative estimate of drug-likeness (QED) is 0.481. The van der Waals surface area contributed by atoms with Crippen LogP contribution < -0.4 is 10.2 Å². The number of carbonyl (C=O) groups is 2. The number of amides is 1. The molecule has 142 valence electrons. The van der Waals surface area contributed by atoms with E-state index in [0.717, 1.165) is 0 Å². The fourth-order valence-electron chi connectivity index (χ4n) is 2.54. The monoisotopic (exact) mass is 378 g/mol. The summed E-state index contributed by atoms with van der Waals surface area (Å²) < 4.78 is 10.9. The van der Waals surface area contributed by atoms with Gasteiger partial charge in [-0.3, -0.25) is 4.79 Å². The first-order valence-electron chi connectivity index (χ1n) is 8.57. The van der Waals surface area contributed by atoms with Gasteiger partial charge in [0.25, 0.3) is 5.91 Å². The molecule has 1 aromatic heterocycles. The Morgan fingerprint density at radius 1 is 1.11 bits per heavy atom. The number of hydrogen-bond donors (Lipinski definition) is 2. The second-order valence-corrected chi connectivity index (χ2v) is 5.71. The van der Waals surface area contributed by atoms with E-state index in [2.05, 4.69) is 10.5 Å². The molecule has 0 saturated heterocycles. The molecule has 28 heavy (non-hydrogen) atoms. The van der Waals surface area contributed by atoms with Crippen molar-refractivity contribution in [1.29, 1.82) is 0 Å². The van der Waals surface area contributed by atoms with E-state index in [1.165, 1.54) is 12.3 Å². The minimum Gasteiger partial charge on any atom is -0.494 e. The van der Waals surface area contributed by atoms with E-state index in [1.54, 1.807) is 54.6 Å². The lowest BCUT2D eigenvalue weighted by Gasteiger charge is -2.03. The van der Waals surface area contributed by atoms with Gasteiger partial charge in [0, 0.05) is 11.1 Å². The topological polar surface area (TPSA) is 101 Å². The van der Waals surface area contributed by atoms with Crippen molar-refractivity contribution in [3.8, 4) is 17.1 Å². The Kier molecular flexibility index (Phi) is 5.86. The predicted octanol–water partition coefficient (Wildman–Crippen LogP) is 3.81. The van der Waals surface area contributed by atoms with Gasteiger partial charge in [-0.1, -0.05) is 18.2 Å². The van der Waals surface area contributed by atoms with Crippen molar-refractivity contribution in [3.05, 3.63) is 77.6 Å². The average Bonchev–Trinajstić information content (AvgIpc) is 3.17. The zero-order chi connectivity index (χ0) is 19.9. The predicted molar refractivity (Wildman–Crippen MR) is 104 cm³/mol. The first-order chi connectivity index (χ1) is 13.6. The van der Waals surface area contributed by atoms with Crippen LogP contribution >= 0.6 is 0 Å². The number of carboxylic acids is 1. The second-order valence-electron chi connectivity index (χ2n) is 5.71. The van der Waals surface area contributed by atoms with Gasteiger partial charge in [-0.15, -0.1) is 0 Å². The number of hydrazone groups is 1. The van der Waals surface area contributed by atoms with Crippen LogP contribution in [-0.2, 0) is 0 Å². The molecule has 0 bridgehead atoms. The van der Waals surface area contributed by atoms with Gasteiger partial charge in [0.2, 0.25) is 0 Å². The summed E-state index contributed by atoms with van der Waals surface area (Å²) in [5, 5.41) is 13.1. The van der Waals surface area contributed by atoms with Crippen LogP contribution in [0.5, 0.6) is 5.75 Å². The van der Waals surface area contributed by atoms with Crippen LogP contribution in [0, 0.1) is 0 Å². The zero-order valence-electron chi connectivity index (χ0n) is 15.1. The number of aromatic carboxylic acids is 1. The average molecular weight is 378 g/mol. The molecule has 2 N–H and O–H groups in total. The fraction of sp³-hybridized carbons (Fsp3) is 0.0952. The van der Waals surface area contributed by atoms with Gasteiger partial charge in [0.15, 0.2) is 0 Å². The van der Waals surface area contributed by atoms with Crippen molar-refractivity contribution in [2.75, 3.05) is 6.61 Å². The zero-order valence-corrected chi connectivity index (χ0v) is 15.1. The van der Waals surface area contributed by atoms with Crippen molar-refractivity contribution >= 4 is 18.1 Å². The first-order valence-corrected chi connectivity index (χ1v) is 8.57. The number of benzene rings is 2. The van der Waals surface area contributed by atoms with Gasteiger partial charge < -0.3 is 14.3 Å². The molecule has 2 aromatic carbocycles. The fourth-order valence-corrected chi connectivity index (χ4v) is 2.54. The normalized spacial score (nSPS) is 10.8. The summed E-state index contributed by atoms with van der Waals surface area (Å²) in [6.07, 6.45) is 1.35. The van der Waals surface area contributed by atoms with Gasteiger partial charge in [-0.25, -0.2) is 10.2 Å². The van der Waals surface area contributed by atoms with Gasteiger partial charge in [-0.2, -0.15) is 5.10 Å². The number of carbonyl (C=O) groups excluding carboxylic acids is 1. The minimum absolute atomic E-state index is 0.143. The van der Waals surface area contributed by atoms with Crippen molar-refractivity contribution in [1.82, 2.24) is 5.43 Å². The molecule has 0 atom stereocenters. The van der Waals surface area contributed by atoms with Crippen molar-refractivity contribution in [2.24, 2.45) is 5.10 Å². The highest BCUT2D eigenvalue weighted by molar-refractivity contribution is 5.96. The van der Waals surface area contributed by atoms with E-state index in [-0.39, 0.29) is 11.5 Å². The van der Waals surface area contributed by atoms with Gasteiger partial charge in [0.05, 0.1) is 18.4 Å². The second kappa shape index (κ2) is 8.68. The molecule has 0 aliphatic rings. The van der Waals surface area contributed by atoms with Crippen LogP contribution in [0.3, 0.4) is 0 Å². The molecule has 0 aliphatic carbocycles. The molecule has 3 rings (SSSR count). The lowest BCUT2D eigenvalue weighted by atomic mass is 10.1. The van der Waals surface area contributed by atoms with Crippen molar-refractivity contribution in [3.63, 3.8) is 0 Å². The highest BCUT2D eigenvalue weighted by Gasteiger charge is 2.13. The smallest absolute Gasteiger partial charge is 0.336 e. The third-order valence-electron chi connectivity index (χ3n) is 3.84. The van der Waals surface area contributed by atoms with E-state index in [9.17, 15) is 14.7 Å². The van der Waals surface area contributed by atoms with E-state index >= 15 is 0 Å². The van der Waals surface area contributed by atoms with Crippen LogP contribution in [0.2, 0.25) is 0 Å². The molecule has 7 nitrogen and oxygen atoms in total.